The van der Waals surface area contributed by atoms with Gasteiger partial charge in [0.1, 0.15) is 22.7 Å². The summed E-state index contributed by atoms with van der Waals surface area (Å²) in [6.45, 7) is 6.68. The number of nitrogens with one attached hydrogen (secondary N) is 2. The van der Waals surface area contributed by atoms with E-state index in [2.05, 4.69) is 20.8 Å². The number of amides is 5. The summed E-state index contributed by atoms with van der Waals surface area (Å²) in [5, 5.41) is 21.0. The molecule has 0 saturated carbocycles. The molecule has 0 bridgehead atoms. The second kappa shape index (κ2) is 16.8. The molecular formula is C37H42N8O10S2. The van der Waals surface area contributed by atoms with E-state index >= 15 is 0 Å². The highest BCUT2D eigenvalue weighted by Gasteiger charge is 2.66. The van der Waals surface area contributed by atoms with Crippen molar-refractivity contribution in [3.63, 3.8) is 0 Å². The van der Waals surface area contributed by atoms with Gasteiger partial charge in [-0.1, -0.05) is 90.9 Å². The number of esters is 1. The van der Waals surface area contributed by atoms with Crippen LogP contribution < -0.4 is 16.5 Å². The van der Waals surface area contributed by atoms with E-state index in [0.29, 0.717) is 17.5 Å². The monoisotopic (exact) mass is 822 g/mol. The summed E-state index contributed by atoms with van der Waals surface area (Å²) in [4.78, 5) is 89.8. The number of benzene rings is 2. The van der Waals surface area contributed by atoms with Gasteiger partial charge in [0.2, 0.25) is 16.9 Å². The van der Waals surface area contributed by atoms with Gasteiger partial charge in [-0.15, -0.1) is 11.3 Å². The lowest BCUT2D eigenvalue weighted by Crippen LogP contribution is -2.68. The number of aromatic nitrogens is 1. The third kappa shape index (κ3) is 8.82. The molecule has 57 heavy (non-hydrogen) atoms. The number of thioether (sulfide) groups is 1. The van der Waals surface area contributed by atoms with E-state index in [1.165, 1.54) is 10.3 Å². The number of anilines is 1. The molecule has 5 amide bonds. The Labute approximate surface area is 335 Å². The maximum atomic E-state index is 14.1. The Hall–Kier alpha value is -5.73. The van der Waals surface area contributed by atoms with E-state index in [9.17, 15) is 33.9 Å². The number of ether oxygens (including phenoxy) is 2. The third-order valence-corrected chi connectivity index (χ3v) is 11.5. The standard InChI is InChI=1S/C37H42N8O10S2/c1-5-12-24(31(48)53-27(21-13-8-6-9-14-21)22-15-10-7-11-16-22)55-42-25(23-19-56-33(39-23)41-34(51)54-36(2,3)4)28(46)40-26-29(47)43-20-37(32(49)50,57-30(26)43)44-17-18-45(38)35(44)52/h6-11,13-16,19,24,26-27,30H,5,12,17-18,20,38H2,1-4H3,(H,40,46)(H,49,50)(H,39,41,51)/b42-25-/t24?,26-,30-,37-/m1/s1. The van der Waals surface area contributed by atoms with Gasteiger partial charge in [-0.2, -0.15) is 0 Å². The Morgan fingerprint density at radius 1 is 1.05 bits per heavy atom. The van der Waals surface area contributed by atoms with Crippen LogP contribution >= 0.6 is 23.1 Å². The van der Waals surface area contributed by atoms with Crippen LogP contribution in [0.4, 0.5) is 14.7 Å². The summed E-state index contributed by atoms with van der Waals surface area (Å²) >= 11 is 1.78. The number of oxime groups is 1. The maximum Gasteiger partial charge on any atom is 0.413 e. The van der Waals surface area contributed by atoms with Crippen molar-refractivity contribution >= 4 is 69.8 Å². The Morgan fingerprint density at radius 2 is 1.70 bits per heavy atom. The van der Waals surface area contributed by atoms with E-state index in [0.717, 1.165) is 33.0 Å². The summed E-state index contributed by atoms with van der Waals surface area (Å²) in [5.41, 5.74) is 0.0976. The molecule has 5 N–H and O–H groups in total. The first-order valence-electron chi connectivity index (χ1n) is 18.0. The number of carbonyl (C=O) groups excluding carboxylic acids is 5. The number of urea groups is 1. The van der Waals surface area contributed by atoms with Crippen LogP contribution in [0, 0.1) is 0 Å². The lowest BCUT2D eigenvalue weighted by Gasteiger charge is -2.41. The zero-order valence-corrected chi connectivity index (χ0v) is 33.1. The smallest absolute Gasteiger partial charge is 0.413 e. The first kappa shape index (κ1) is 40.9. The van der Waals surface area contributed by atoms with Crippen LogP contribution in [-0.4, -0.2) is 114 Å². The normalized spacial score (nSPS) is 21.2. The molecule has 4 atom stereocenters. The number of nitrogens with two attached hydrogens (primary N) is 1. The van der Waals surface area contributed by atoms with E-state index in [1.54, 1.807) is 20.8 Å². The molecule has 0 aliphatic carbocycles. The average molecular weight is 823 g/mol. The number of hydrazine groups is 1. The molecular weight excluding hydrogens is 781 g/mol. The van der Waals surface area contributed by atoms with Crippen LogP contribution in [0.25, 0.3) is 0 Å². The second-order valence-electron chi connectivity index (χ2n) is 14.3. The fourth-order valence-electron chi connectivity index (χ4n) is 6.31. The molecule has 18 nitrogen and oxygen atoms in total. The quantitative estimate of drug-likeness (QED) is 0.0456. The van der Waals surface area contributed by atoms with Crippen LogP contribution in [0.3, 0.4) is 0 Å². The molecule has 1 unspecified atom stereocenters. The van der Waals surface area contributed by atoms with E-state index in [1.807, 2.05) is 67.6 Å². The summed E-state index contributed by atoms with van der Waals surface area (Å²) < 4.78 is 11.3. The van der Waals surface area contributed by atoms with Gasteiger partial charge in [-0.3, -0.25) is 24.8 Å². The molecule has 0 spiro atoms. The Bertz CT molecular complexity index is 2010. The summed E-state index contributed by atoms with van der Waals surface area (Å²) in [6.07, 6.45) is -2.25. The SMILES string of the molecule is CCCC(O/N=C(\C(=O)N[C@@H]1C(=O)N2C[C@@](C(=O)O)(N3CCN(N)C3=O)S[C@H]12)c1csc(NC(=O)OC(C)(C)C)n1)C(=O)OC(c1ccccc1)c1ccccc1. The topological polar surface area (TPSA) is 235 Å². The third-order valence-electron chi connectivity index (χ3n) is 9.03. The molecule has 3 fully saturated rings. The van der Waals surface area contributed by atoms with Crippen molar-refractivity contribution in [2.24, 2.45) is 11.0 Å². The molecule has 3 aliphatic rings. The average Bonchev–Trinajstić information content (AvgIpc) is 3.88. The summed E-state index contributed by atoms with van der Waals surface area (Å²) in [7, 11) is 0. The zero-order chi connectivity index (χ0) is 41.1. The number of rotatable bonds is 14. The van der Waals surface area contributed by atoms with E-state index in [4.69, 9.17) is 20.2 Å². The summed E-state index contributed by atoms with van der Waals surface area (Å²) in [5.74, 6) is 2.08. The van der Waals surface area contributed by atoms with Gasteiger partial charge in [0.05, 0.1) is 13.1 Å². The van der Waals surface area contributed by atoms with Crippen LogP contribution in [0.15, 0.2) is 71.2 Å². The van der Waals surface area contributed by atoms with Gasteiger partial charge in [0, 0.05) is 11.9 Å². The molecule has 0 radical (unpaired) electrons. The number of carboxylic acids is 1. The molecule has 302 valence electrons. The zero-order valence-electron chi connectivity index (χ0n) is 31.4. The van der Waals surface area contributed by atoms with Crippen LogP contribution in [0.1, 0.15) is 63.5 Å². The number of carboxylic acid groups (broad SMARTS) is 1. The number of nitrogens with zero attached hydrogens (tertiary/aromatic N) is 5. The molecule has 20 heteroatoms. The molecule has 3 aliphatic heterocycles. The van der Waals surface area contributed by atoms with Gasteiger partial charge in [-0.25, -0.2) is 30.0 Å². The Morgan fingerprint density at radius 3 is 2.26 bits per heavy atom. The number of β-lactam (4-membered cyclic amide) rings is 1. The fourth-order valence-corrected chi connectivity index (χ4v) is 8.63. The number of carbonyl (C=O) groups is 6. The van der Waals surface area contributed by atoms with Gasteiger partial charge < -0.3 is 29.6 Å². The number of hydrogen-bond donors (Lipinski definition) is 4. The van der Waals surface area contributed by atoms with Crippen LogP contribution in [0.2, 0.25) is 0 Å². The second-order valence-corrected chi connectivity index (χ2v) is 16.5. The first-order chi connectivity index (χ1) is 27.1. The largest absolute Gasteiger partial charge is 0.479 e. The van der Waals surface area contributed by atoms with Crippen molar-refractivity contribution in [2.45, 2.75) is 74.6 Å². The predicted octanol–water partition coefficient (Wildman–Crippen LogP) is 3.50. The van der Waals surface area contributed by atoms with Crippen LogP contribution in [-0.2, 0) is 33.5 Å². The number of hydrogen-bond acceptors (Lipinski definition) is 14. The van der Waals surface area contributed by atoms with Crippen LogP contribution in [0.5, 0.6) is 0 Å². The number of thiazole rings is 1. The summed E-state index contributed by atoms with van der Waals surface area (Å²) in [6, 6.07) is 16.4. The molecule has 6 rings (SSSR count). The van der Waals surface area contributed by atoms with Crippen molar-refractivity contribution in [2.75, 3.05) is 25.0 Å². The predicted molar refractivity (Wildman–Crippen MR) is 207 cm³/mol. The van der Waals surface area contributed by atoms with Gasteiger partial charge >= 0.3 is 24.1 Å². The van der Waals surface area contributed by atoms with Crippen molar-refractivity contribution in [1.82, 2.24) is 25.1 Å². The fraction of sp³-hybridized carbons (Fsp3) is 0.405. The lowest BCUT2D eigenvalue weighted by molar-refractivity contribution is -0.162. The van der Waals surface area contributed by atoms with Gasteiger partial charge in [-0.05, 0) is 38.3 Å². The lowest BCUT2D eigenvalue weighted by atomic mass is 10.0. The highest BCUT2D eigenvalue weighted by atomic mass is 32.2. The van der Waals surface area contributed by atoms with Crippen molar-refractivity contribution in [3.05, 3.63) is 82.9 Å². The molecule has 4 heterocycles. The minimum atomic E-state index is -1.84. The molecule has 1 aromatic heterocycles. The number of aliphatic carboxylic acids is 1. The van der Waals surface area contributed by atoms with E-state index in [-0.39, 0.29) is 36.9 Å². The molecule has 3 saturated heterocycles. The Balaban J connectivity index is 1.26. The highest BCUT2D eigenvalue weighted by Crippen LogP contribution is 2.49. The van der Waals surface area contributed by atoms with Crippen molar-refractivity contribution < 1.29 is 48.2 Å². The maximum absolute atomic E-state index is 14.1. The molecule has 3 aromatic rings. The first-order valence-corrected chi connectivity index (χ1v) is 19.7. The minimum absolute atomic E-state index is 0.0247. The van der Waals surface area contributed by atoms with E-state index < -0.39 is 75.7 Å². The number of fused-ring (bicyclic) bond motifs is 1. The van der Waals surface area contributed by atoms with Crippen molar-refractivity contribution in [3.8, 4) is 0 Å². The minimum Gasteiger partial charge on any atom is -0.479 e. The Kier molecular flexibility index (Phi) is 12.0. The highest BCUT2D eigenvalue weighted by molar-refractivity contribution is 8.02. The molecule has 2 aromatic carbocycles. The van der Waals surface area contributed by atoms with Crippen molar-refractivity contribution in [1.29, 1.82) is 0 Å². The van der Waals surface area contributed by atoms with Gasteiger partial charge in [0.25, 0.3) is 5.91 Å². The van der Waals surface area contributed by atoms with Gasteiger partial charge in [0.15, 0.2) is 16.9 Å².